The lowest BCUT2D eigenvalue weighted by atomic mass is 9.74. The highest BCUT2D eigenvalue weighted by Gasteiger charge is 2.41. The van der Waals surface area contributed by atoms with Crippen molar-refractivity contribution in [3.05, 3.63) is 12.2 Å². The van der Waals surface area contributed by atoms with Crippen LogP contribution < -0.4 is 16.0 Å². The SMILES string of the molecule is CC(C)C[C@H]1NC(=O)C2(C/C=C/C[C@@H]3COCC[C@@H]3NC1=O)CCNCC2. The lowest BCUT2D eigenvalue weighted by Crippen LogP contribution is -2.57. The predicted molar refractivity (Wildman–Crippen MR) is 105 cm³/mol. The second kappa shape index (κ2) is 9.20. The molecule has 0 aromatic rings. The normalized spacial score (nSPS) is 33.4. The summed E-state index contributed by atoms with van der Waals surface area (Å²) in [5.41, 5.74) is -0.404. The maximum Gasteiger partial charge on any atom is 0.242 e. The molecule has 1 spiro atoms. The Morgan fingerprint density at radius 1 is 1.19 bits per heavy atom. The summed E-state index contributed by atoms with van der Waals surface area (Å²) in [6.45, 7) is 7.25. The summed E-state index contributed by atoms with van der Waals surface area (Å²) in [4.78, 5) is 26.3. The molecule has 2 amide bonds. The summed E-state index contributed by atoms with van der Waals surface area (Å²) >= 11 is 0. The Labute approximate surface area is 162 Å². The highest BCUT2D eigenvalue weighted by Crippen LogP contribution is 2.34. The molecule has 0 aromatic heterocycles. The molecule has 152 valence electrons. The van der Waals surface area contributed by atoms with Crippen LogP contribution in [0.1, 0.15) is 52.4 Å². The average molecular weight is 378 g/mol. The molecule has 2 saturated heterocycles. The monoisotopic (exact) mass is 377 g/mol. The molecule has 0 unspecified atom stereocenters. The molecular weight excluding hydrogens is 342 g/mol. The van der Waals surface area contributed by atoms with E-state index in [1.54, 1.807) is 0 Å². The smallest absolute Gasteiger partial charge is 0.242 e. The van der Waals surface area contributed by atoms with Gasteiger partial charge in [0.2, 0.25) is 11.8 Å². The minimum Gasteiger partial charge on any atom is -0.381 e. The number of rotatable bonds is 2. The summed E-state index contributed by atoms with van der Waals surface area (Å²) in [6.07, 6.45) is 9.12. The molecule has 0 aliphatic carbocycles. The van der Waals surface area contributed by atoms with Crippen LogP contribution in [0.5, 0.6) is 0 Å². The Bertz CT molecular complexity index is 555. The molecule has 0 radical (unpaired) electrons. The largest absolute Gasteiger partial charge is 0.381 e. The number of carbonyl (C=O) groups is 2. The Hall–Kier alpha value is -1.40. The number of amides is 2. The van der Waals surface area contributed by atoms with Crippen LogP contribution in [0, 0.1) is 17.3 Å². The Balaban J connectivity index is 1.85. The molecule has 6 heteroatoms. The van der Waals surface area contributed by atoms with Gasteiger partial charge in [0.15, 0.2) is 0 Å². The number of nitrogens with one attached hydrogen (secondary N) is 3. The molecule has 27 heavy (non-hydrogen) atoms. The number of allylic oxidation sites excluding steroid dienone is 2. The first-order valence-electron chi connectivity index (χ1n) is 10.5. The highest BCUT2D eigenvalue weighted by atomic mass is 16.5. The van der Waals surface area contributed by atoms with Gasteiger partial charge in [-0.3, -0.25) is 9.59 Å². The van der Waals surface area contributed by atoms with Crippen LogP contribution in [-0.2, 0) is 14.3 Å². The van der Waals surface area contributed by atoms with E-state index in [0.717, 1.165) is 45.2 Å². The molecule has 0 bridgehead atoms. The Kier molecular flexibility index (Phi) is 6.93. The van der Waals surface area contributed by atoms with Gasteiger partial charge in [-0.15, -0.1) is 0 Å². The fourth-order valence-electron chi connectivity index (χ4n) is 4.53. The number of piperidine rings is 1. The molecule has 3 atom stereocenters. The topological polar surface area (TPSA) is 79.5 Å². The van der Waals surface area contributed by atoms with Crippen LogP contribution in [0.15, 0.2) is 12.2 Å². The number of carbonyl (C=O) groups excluding carboxylic acids is 2. The quantitative estimate of drug-likeness (QED) is 0.641. The van der Waals surface area contributed by atoms with Crippen LogP contribution >= 0.6 is 0 Å². The first kappa shape index (κ1) is 20.3. The van der Waals surface area contributed by atoms with Crippen molar-refractivity contribution in [1.82, 2.24) is 16.0 Å². The molecule has 2 fully saturated rings. The Morgan fingerprint density at radius 3 is 2.70 bits per heavy atom. The molecule has 3 heterocycles. The van der Waals surface area contributed by atoms with Gasteiger partial charge >= 0.3 is 0 Å². The Morgan fingerprint density at radius 2 is 1.96 bits per heavy atom. The van der Waals surface area contributed by atoms with Crippen molar-refractivity contribution in [3.8, 4) is 0 Å². The maximum absolute atomic E-state index is 13.3. The van der Waals surface area contributed by atoms with E-state index in [4.69, 9.17) is 4.74 Å². The third-order valence-corrected chi connectivity index (χ3v) is 6.29. The number of fused-ring (bicyclic) bond motifs is 1. The van der Waals surface area contributed by atoms with Crippen molar-refractivity contribution in [2.75, 3.05) is 26.3 Å². The molecular formula is C21H35N3O3. The van der Waals surface area contributed by atoms with Gasteiger partial charge in [-0.1, -0.05) is 26.0 Å². The number of hydrogen-bond acceptors (Lipinski definition) is 4. The van der Waals surface area contributed by atoms with E-state index in [1.165, 1.54) is 0 Å². The van der Waals surface area contributed by atoms with E-state index >= 15 is 0 Å². The maximum atomic E-state index is 13.3. The highest BCUT2D eigenvalue weighted by molar-refractivity contribution is 5.90. The fraction of sp³-hybridized carbons (Fsp3) is 0.810. The van der Waals surface area contributed by atoms with Crippen molar-refractivity contribution in [2.45, 2.75) is 64.5 Å². The summed E-state index contributed by atoms with van der Waals surface area (Å²) in [5.74, 6) is 0.641. The summed E-state index contributed by atoms with van der Waals surface area (Å²) in [6, 6.07) is -0.342. The molecule has 3 N–H and O–H groups in total. The van der Waals surface area contributed by atoms with Crippen molar-refractivity contribution in [1.29, 1.82) is 0 Å². The van der Waals surface area contributed by atoms with E-state index in [0.29, 0.717) is 31.5 Å². The number of ether oxygens (including phenoxy) is 1. The van der Waals surface area contributed by atoms with Gasteiger partial charge < -0.3 is 20.7 Å². The van der Waals surface area contributed by atoms with Crippen LogP contribution in [0.3, 0.4) is 0 Å². The van der Waals surface area contributed by atoms with E-state index in [-0.39, 0.29) is 17.9 Å². The second-order valence-corrected chi connectivity index (χ2v) is 8.84. The summed E-state index contributed by atoms with van der Waals surface area (Å²) in [5, 5.41) is 9.71. The van der Waals surface area contributed by atoms with E-state index in [2.05, 4.69) is 41.9 Å². The first-order chi connectivity index (χ1) is 13.0. The zero-order valence-electron chi connectivity index (χ0n) is 16.8. The van der Waals surface area contributed by atoms with E-state index < -0.39 is 11.5 Å². The minimum absolute atomic E-state index is 0.0393. The van der Waals surface area contributed by atoms with Crippen LogP contribution in [0.25, 0.3) is 0 Å². The van der Waals surface area contributed by atoms with Crippen molar-refractivity contribution < 1.29 is 14.3 Å². The lowest BCUT2D eigenvalue weighted by molar-refractivity contribution is -0.137. The van der Waals surface area contributed by atoms with Crippen molar-refractivity contribution in [3.63, 3.8) is 0 Å². The van der Waals surface area contributed by atoms with Gasteiger partial charge in [0.1, 0.15) is 6.04 Å². The fourth-order valence-corrected chi connectivity index (χ4v) is 4.53. The van der Waals surface area contributed by atoms with Gasteiger partial charge in [-0.25, -0.2) is 0 Å². The van der Waals surface area contributed by atoms with E-state index in [1.807, 2.05) is 0 Å². The standard InChI is InChI=1S/C21H35N3O3/c1-15(2)13-18-19(25)23-17-6-12-27-14-16(17)5-3-4-7-21(20(26)24-18)8-10-22-11-9-21/h3-4,15-18,22H,5-14H2,1-2H3,(H,23,25)(H,24,26)/b4-3+/t16-,17+,18-/m1/s1. The molecule has 0 saturated carbocycles. The summed E-state index contributed by atoms with van der Waals surface area (Å²) in [7, 11) is 0. The predicted octanol–water partition coefficient (Wildman–Crippen LogP) is 1.76. The van der Waals surface area contributed by atoms with Gasteiger partial charge in [-0.05, 0) is 57.5 Å². The van der Waals surface area contributed by atoms with E-state index in [9.17, 15) is 9.59 Å². The lowest BCUT2D eigenvalue weighted by Gasteiger charge is -2.38. The van der Waals surface area contributed by atoms with Gasteiger partial charge in [0.05, 0.1) is 12.0 Å². The van der Waals surface area contributed by atoms with Gasteiger partial charge in [0, 0.05) is 18.6 Å². The zero-order valence-corrected chi connectivity index (χ0v) is 16.8. The third kappa shape index (κ3) is 5.11. The molecule has 6 nitrogen and oxygen atoms in total. The molecule has 3 aliphatic rings. The van der Waals surface area contributed by atoms with Crippen LogP contribution in [0.4, 0.5) is 0 Å². The average Bonchev–Trinajstić information content (AvgIpc) is 2.65. The van der Waals surface area contributed by atoms with Crippen LogP contribution in [0.2, 0.25) is 0 Å². The van der Waals surface area contributed by atoms with Gasteiger partial charge in [-0.2, -0.15) is 0 Å². The molecule has 0 aromatic carbocycles. The van der Waals surface area contributed by atoms with Crippen molar-refractivity contribution in [2.24, 2.45) is 17.3 Å². The molecule has 3 rings (SSSR count). The first-order valence-corrected chi connectivity index (χ1v) is 10.5. The zero-order chi connectivity index (χ0) is 19.3. The second-order valence-electron chi connectivity index (χ2n) is 8.84. The van der Waals surface area contributed by atoms with Crippen LogP contribution in [-0.4, -0.2) is 50.2 Å². The molecule has 3 aliphatic heterocycles. The summed E-state index contributed by atoms with van der Waals surface area (Å²) < 4.78 is 5.65. The van der Waals surface area contributed by atoms with Gasteiger partial charge in [0.25, 0.3) is 0 Å². The minimum atomic E-state index is -0.462. The number of hydrogen-bond donors (Lipinski definition) is 3. The third-order valence-electron chi connectivity index (χ3n) is 6.29. The van der Waals surface area contributed by atoms with Crippen molar-refractivity contribution >= 4 is 11.8 Å².